The molecule has 3 aliphatic rings. The lowest BCUT2D eigenvalue weighted by molar-refractivity contribution is -0.153. The zero-order valence-electron chi connectivity index (χ0n) is 21.4. The Morgan fingerprint density at radius 2 is 1.78 bits per heavy atom. The third-order valence-corrected chi connectivity index (χ3v) is 7.88. The van der Waals surface area contributed by atoms with Crippen molar-refractivity contribution in [3.63, 3.8) is 0 Å². The summed E-state index contributed by atoms with van der Waals surface area (Å²) in [5, 5.41) is 45.2. The molecule has 4 rings (SSSR count). The van der Waals surface area contributed by atoms with Gasteiger partial charge in [0.2, 0.25) is 5.78 Å². The molecule has 0 aromatic heterocycles. The van der Waals surface area contributed by atoms with E-state index in [9.17, 15) is 34.8 Å². The molecule has 0 amide bonds. The molecule has 0 spiro atoms. The number of aromatic hydroxyl groups is 1. The molecule has 4 atom stereocenters. The maximum atomic E-state index is 14.0. The van der Waals surface area contributed by atoms with Crippen molar-refractivity contribution in [1.29, 1.82) is 0 Å². The molecule has 1 aromatic carbocycles. The Kier molecular flexibility index (Phi) is 6.70. The Labute approximate surface area is 214 Å². The molecule has 11 nitrogen and oxygen atoms in total. The van der Waals surface area contributed by atoms with Gasteiger partial charge >= 0.3 is 0 Å². The van der Waals surface area contributed by atoms with Crippen molar-refractivity contribution in [2.75, 3.05) is 39.6 Å². The average molecular weight is 515 g/mol. The van der Waals surface area contributed by atoms with Crippen molar-refractivity contribution in [3.8, 4) is 5.75 Å². The topological polar surface area (TPSA) is 191 Å². The van der Waals surface area contributed by atoms with Crippen LogP contribution >= 0.6 is 0 Å². The number of likely N-dealkylation sites (N-methyl/N-ethyl adjacent to an activating group) is 1. The van der Waals surface area contributed by atoms with Crippen LogP contribution < -0.4 is 16.4 Å². The quantitative estimate of drug-likeness (QED) is 0.278. The van der Waals surface area contributed by atoms with Gasteiger partial charge in [0.05, 0.1) is 11.6 Å². The Bertz CT molecular complexity index is 1270. The third kappa shape index (κ3) is 3.68. The summed E-state index contributed by atoms with van der Waals surface area (Å²) >= 11 is 0. The summed E-state index contributed by atoms with van der Waals surface area (Å²) in [5.74, 6) is -5.95. The fourth-order valence-electron chi connectivity index (χ4n) is 6.19. The monoisotopic (exact) mass is 514 g/mol. The summed E-state index contributed by atoms with van der Waals surface area (Å²) in [6, 6.07) is 0.650. The molecule has 0 radical (unpaired) electrons. The minimum absolute atomic E-state index is 0.0191. The molecule has 1 aromatic rings. The van der Waals surface area contributed by atoms with Crippen LogP contribution in [0, 0.1) is 11.8 Å². The molecule has 1 saturated carbocycles. The Balaban J connectivity index is 1.99. The second-order valence-electron chi connectivity index (χ2n) is 10.4. The first-order valence-corrected chi connectivity index (χ1v) is 12.2. The highest BCUT2D eigenvalue weighted by molar-refractivity contribution is 6.25. The molecule has 200 valence electrons. The maximum absolute atomic E-state index is 14.0. The Hall–Kier alpha value is -3.25. The van der Waals surface area contributed by atoms with Gasteiger partial charge in [0.1, 0.15) is 22.8 Å². The van der Waals surface area contributed by atoms with Gasteiger partial charge in [0.25, 0.3) is 0 Å². The second kappa shape index (κ2) is 9.25. The number of aliphatic hydroxyl groups excluding tert-OH is 2. The molecule has 0 aliphatic heterocycles. The largest absolute Gasteiger partial charge is 0.508 e. The lowest BCUT2D eigenvalue weighted by Crippen LogP contribution is -2.65. The number of fused-ring (bicyclic) bond motifs is 3. The predicted molar refractivity (Wildman–Crippen MR) is 136 cm³/mol. The summed E-state index contributed by atoms with van der Waals surface area (Å²) in [4.78, 5) is 43.5. The lowest BCUT2D eigenvalue weighted by Gasteiger charge is -2.50. The van der Waals surface area contributed by atoms with Gasteiger partial charge in [-0.05, 0) is 51.0 Å². The van der Waals surface area contributed by atoms with E-state index in [-0.39, 0.29) is 49.2 Å². The second-order valence-corrected chi connectivity index (χ2v) is 10.4. The van der Waals surface area contributed by atoms with Gasteiger partial charge in [-0.15, -0.1) is 0 Å². The fourth-order valence-corrected chi connectivity index (χ4v) is 6.19. The van der Waals surface area contributed by atoms with Gasteiger partial charge in [0.15, 0.2) is 17.2 Å². The molecule has 0 bridgehead atoms. The van der Waals surface area contributed by atoms with Crippen LogP contribution in [0.25, 0.3) is 5.76 Å². The van der Waals surface area contributed by atoms with Gasteiger partial charge in [-0.25, -0.2) is 0 Å². The van der Waals surface area contributed by atoms with E-state index in [1.165, 1.54) is 4.90 Å². The number of benzene rings is 1. The summed E-state index contributed by atoms with van der Waals surface area (Å²) in [6.45, 7) is -0.109. The lowest BCUT2D eigenvalue weighted by atomic mass is 9.57. The zero-order valence-corrected chi connectivity index (χ0v) is 21.4. The van der Waals surface area contributed by atoms with Crippen LogP contribution in [0.1, 0.15) is 29.5 Å². The number of hydrogen-bond acceptors (Lipinski definition) is 11. The molecular weight excluding hydrogens is 480 g/mol. The maximum Gasteiger partial charge on any atom is 0.202 e. The number of Topliss-reactive ketones (excluding diaryl/α,β-unsaturated/α-hetero) is 3. The number of hydrogen-bond donors (Lipinski definition) is 6. The molecule has 8 N–H and O–H groups in total. The molecule has 11 heteroatoms. The number of rotatable bonds is 6. The van der Waals surface area contributed by atoms with E-state index in [4.69, 9.17) is 11.5 Å². The molecule has 1 fully saturated rings. The van der Waals surface area contributed by atoms with E-state index in [1.54, 1.807) is 34.3 Å². The van der Waals surface area contributed by atoms with E-state index in [1.807, 2.05) is 4.90 Å². The first-order chi connectivity index (χ1) is 17.3. The van der Waals surface area contributed by atoms with Crippen LogP contribution in [0.4, 0.5) is 5.69 Å². The van der Waals surface area contributed by atoms with Gasteiger partial charge in [0, 0.05) is 49.8 Å². The number of aliphatic hydroxyl groups is 3. The van der Waals surface area contributed by atoms with Gasteiger partial charge in [-0.3, -0.25) is 19.3 Å². The smallest absolute Gasteiger partial charge is 0.202 e. The van der Waals surface area contributed by atoms with Crippen molar-refractivity contribution in [1.82, 2.24) is 4.90 Å². The van der Waals surface area contributed by atoms with Gasteiger partial charge < -0.3 is 36.8 Å². The minimum atomic E-state index is -2.62. The minimum Gasteiger partial charge on any atom is -0.508 e. The molecule has 0 heterocycles. The summed E-state index contributed by atoms with van der Waals surface area (Å²) in [5.41, 5.74) is 9.58. The first-order valence-electron chi connectivity index (χ1n) is 12.2. The molecule has 37 heavy (non-hydrogen) atoms. The highest BCUT2D eigenvalue weighted by Gasteiger charge is 2.64. The van der Waals surface area contributed by atoms with Crippen LogP contribution in [0.15, 0.2) is 23.0 Å². The highest BCUT2D eigenvalue weighted by Crippen LogP contribution is 2.54. The van der Waals surface area contributed by atoms with Crippen LogP contribution in [0.5, 0.6) is 5.75 Å². The molecule has 0 saturated heterocycles. The summed E-state index contributed by atoms with van der Waals surface area (Å²) in [7, 11) is 6.80. The number of nitrogens with two attached hydrogens (primary N) is 2. The van der Waals surface area contributed by atoms with E-state index in [2.05, 4.69) is 0 Å². The number of nitrogens with zero attached hydrogens (tertiary/aromatic N) is 2. The third-order valence-electron chi connectivity index (χ3n) is 7.88. The van der Waals surface area contributed by atoms with Gasteiger partial charge in [-0.1, -0.05) is 0 Å². The van der Waals surface area contributed by atoms with Crippen molar-refractivity contribution in [2.24, 2.45) is 23.3 Å². The van der Waals surface area contributed by atoms with Crippen LogP contribution in [0.3, 0.4) is 0 Å². The number of ketones is 3. The predicted octanol–water partition coefficient (Wildman–Crippen LogP) is -0.0787. The highest BCUT2D eigenvalue weighted by atomic mass is 16.3. The SMILES string of the molecule is CN(C)c1cc(CN)c(O)c2c1CC1CC3[C@H](N(C)C)C(=O)C(C(=O)CCN)=C(O)[C@@]3(O)C(=O)C1=C2O. The molecule has 3 aliphatic carbocycles. The van der Waals surface area contributed by atoms with E-state index >= 15 is 0 Å². The van der Waals surface area contributed by atoms with E-state index in [0.29, 0.717) is 16.8 Å². The first kappa shape index (κ1) is 26.8. The zero-order chi connectivity index (χ0) is 27.6. The summed E-state index contributed by atoms with van der Waals surface area (Å²) in [6.07, 6.45) is 0.0360. The van der Waals surface area contributed by atoms with E-state index in [0.717, 1.165) is 0 Å². The van der Waals surface area contributed by atoms with Crippen LogP contribution in [-0.4, -0.2) is 89.1 Å². The van der Waals surface area contributed by atoms with Crippen LogP contribution in [-0.2, 0) is 27.3 Å². The molecular formula is C26H34N4O7. The number of phenols is 1. The van der Waals surface area contributed by atoms with Crippen molar-refractivity contribution >= 4 is 28.8 Å². The van der Waals surface area contributed by atoms with Crippen molar-refractivity contribution in [3.05, 3.63) is 39.7 Å². The number of phenolic OH excluding ortho intramolecular Hbond substituents is 1. The average Bonchev–Trinajstić information content (AvgIpc) is 2.81. The van der Waals surface area contributed by atoms with Gasteiger partial charge in [-0.2, -0.15) is 0 Å². The van der Waals surface area contributed by atoms with Crippen molar-refractivity contribution < 1.29 is 34.8 Å². The Morgan fingerprint density at radius 3 is 2.32 bits per heavy atom. The van der Waals surface area contributed by atoms with Crippen LogP contribution in [0.2, 0.25) is 0 Å². The Morgan fingerprint density at radius 1 is 1.14 bits per heavy atom. The normalized spacial score (nSPS) is 27.3. The number of anilines is 1. The summed E-state index contributed by atoms with van der Waals surface area (Å²) < 4.78 is 0. The van der Waals surface area contributed by atoms with E-state index < -0.39 is 57.9 Å². The number of carbonyl (C=O) groups excluding carboxylic acids is 3. The standard InChI is InChI=1S/C26H34N4O7/c1-29(2)15-9-12(10-28)21(32)18-13(15)7-11-8-14-20(30(3)4)23(34)19(16(31)5-6-27)25(36)26(14,37)24(35)17(11)22(18)33/h9,11,14,20,32-33,36-37H,5-8,10,27-28H2,1-4H3/t11?,14?,20-,26-/m0/s1. The molecule has 2 unspecified atom stereocenters. The van der Waals surface area contributed by atoms with Crippen molar-refractivity contribution in [2.45, 2.75) is 37.5 Å². The number of carbonyl (C=O) groups is 3. The fraction of sp³-hybridized carbons (Fsp3) is 0.500.